The SMILES string of the molecule is Cc1ccc2c(c1)N(CC(N)=O)C(=O)C(N(C(N)=O)c1cccc(N(C=O)S(=O)(=O)C(F)(F)F)c1)CC2C1CCCCC1. The van der Waals surface area contributed by atoms with Crippen LogP contribution in [0, 0.1) is 12.8 Å². The number of halogens is 3. The number of rotatable bonds is 8. The molecular weight excluding hydrogens is 591 g/mol. The summed E-state index contributed by atoms with van der Waals surface area (Å²) in [5.74, 6) is -1.68. The second-order valence-corrected chi connectivity index (χ2v) is 12.6. The van der Waals surface area contributed by atoms with Crippen LogP contribution in [0.25, 0.3) is 0 Å². The Balaban J connectivity index is 1.88. The minimum atomic E-state index is -6.13. The number of urea groups is 1. The van der Waals surface area contributed by atoms with Gasteiger partial charge in [-0.3, -0.25) is 19.3 Å². The molecule has 1 saturated carbocycles. The van der Waals surface area contributed by atoms with Crippen LogP contribution in [-0.4, -0.2) is 50.8 Å². The van der Waals surface area contributed by atoms with E-state index in [-0.39, 0.29) is 23.9 Å². The molecule has 0 aromatic heterocycles. The number of sulfonamides is 1. The number of carbonyl (C=O) groups is 4. The fourth-order valence-corrected chi connectivity index (χ4v) is 6.82. The van der Waals surface area contributed by atoms with Crippen LogP contribution < -0.4 is 25.6 Å². The zero-order chi connectivity index (χ0) is 31.7. The van der Waals surface area contributed by atoms with E-state index in [4.69, 9.17) is 11.5 Å². The quantitative estimate of drug-likeness (QED) is 0.426. The van der Waals surface area contributed by atoms with Crippen molar-refractivity contribution in [3.63, 3.8) is 0 Å². The molecule has 232 valence electrons. The van der Waals surface area contributed by atoms with Gasteiger partial charge in [0.25, 0.3) is 5.91 Å². The lowest BCUT2D eigenvalue weighted by molar-refractivity contribution is -0.123. The second kappa shape index (κ2) is 12.2. The van der Waals surface area contributed by atoms with Gasteiger partial charge in [-0.05, 0) is 73.4 Å². The van der Waals surface area contributed by atoms with Crippen molar-refractivity contribution in [3.05, 3.63) is 53.6 Å². The zero-order valence-corrected chi connectivity index (χ0v) is 24.1. The highest BCUT2D eigenvalue weighted by Crippen LogP contribution is 2.46. The summed E-state index contributed by atoms with van der Waals surface area (Å²) < 4.78 is 63.5. The Morgan fingerprint density at radius 1 is 1.05 bits per heavy atom. The van der Waals surface area contributed by atoms with E-state index in [9.17, 15) is 40.8 Å². The van der Waals surface area contributed by atoms with Crippen LogP contribution >= 0.6 is 0 Å². The zero-order valence-electron chi connectivity index (χ0n) is 23.3. The maximum absolute atomic E-state index is 14.2. The Bertz CT molecular complexity index is 1530. The number of primary amides is 2. The molecular formula is C28H32F3N5O6S. The Morgan fingerprint density at radius 3 is 2.28 bits per heavy atom. The Labute approximate surface area is 246 Å². The lowest BCUT2D eigenvalue weighted by Crippen LogP contribution is -2.54. The van der Waals surface area contributed by atoms with Crippen LogP contribution in [0.3, 0.4) is 0 Å². The first-order valence-corrected chi connectivity index (χ1v) is 15.1. The van der Waals surface area contributed by atoms with Crippen LogP contribution in [-0.2, 0) is 24.4 Å². The fraction of sp³-hybridized carbons (Fsp3) is 0.429. The Kier molecular flexibility index (Phi) is 9.04. The van der Waals surface area contributed by atoms with E-state index < -0.39 is 62.4 Å². The molecule has 0 bridgehead atoms. The third-order valence-electron chi connectivity index (χ3n) is 8.00. The lowest BCUT2D eigenvalue weighted by atomic mass is 9.74. The van der Waals surface area contributed by atoms with Crippen molar-refractivity contribution in [2.24, 2.45) is 17.4 Å². The predicted molar refractivity (Wildman–Crippen MR) is 152 cm³/mol. The third kappa shape index (κ3) is 6.31. The summed E-state index contributed by atoms with van der Waals surface area (Å²) in [6.07, 6.45) is 4.22. The minimum Gasteiger partial charge on any atom is -0.368 e. The molecule has 2 aromatic rings. The van der Waals surface area contributed by atoms with E-state index in [2.05, 4.69) is 0 Å². The summed E-state index contributed by atoms with van der Waals surface area (Å²) in [5, 5.41) is 0. The summed E-state index contributed by atoms with van der Waals surface area (Å²) in [4.78, 5) is 53.0. The molecule has 43 heavy (non-hydrogen) atoms. The van der Waals surface area contributed by atoms with Gasteiger partial charge in [0.05, 0.1) is 5.69 Å². The number of carbonyl (C=O) groups excluding carboxylic acids is 4. The molecule has 1 fully saturated rings. The van der Waals surface area contributed by atoms with Gasteiger partial charge in [0.2, 0.25) is 12.3 Å². The largest absolute Gasteiger partial charge is 0.517 e. The monoisotopic (exact) mass is 623 g/mol. The predicted octanol–water partition coefficient (Wildman–Crippen LogP) is 3.65. The van der Waals surface area contributed by atoms with E-state index in [0.717, 1.165) is 66.3 Å². The molecule has 0 radical (unpaired) electrons. The van der Waals surface area contributed by atoms with Crippen molar-refractivity contribution in [2.75, 3.05) is 20.6 Å². The maximum Gasteiger partial charge on any atom is 0.517 e. The number of nitrogens with two attached hydrogens (primary N) is 2. The molecule has 2 unspecified atom stereocenters. The first-order chi connectivity index (χ1) is 20.2. The summed E-state index contributed by atoms with van der Waals surface area (Å²) in [7, 11) is -6.13. The van der Waals surface area contributed by atoms with Gasteiger partial charge in [-0.2, -0.15) is 21.6 Å². The molecule has 11 nitrogen and oxygen atoms in total. The van der Waals surface area contributed by atoms with E-state index in [1.807, 2.05) is 19.1 Å². The highest BCUT2D eigenvalue weighted by atomic mass is 32.2. The first-order valence-electron chi connectivity index (χ1n) is 13.6. The molecule has 1 heterocycles. The molecule has 15 heteroatoms. The van der Waals surface area contributed by atoms with Gasteiger partial charge in [0.1, 0.15) is 12.6 Å². The van der Waals surface area contributed by atoms with Crippen molar-refractivity contribution in [1.82, 2.24) is 0 Å². The molecule has 2 aliphatic rings. The van der Waals surface area contributed by atoms with E-state index in [1.165, 1.54) is 11.0 Å². The van der Waals surface area contributed by atoms with E-state index in [0.29, 0.717) is 5.69 Å². The van der Waals surface area contributed by atoms with Crippen molar-refractivity contribution >= 4 is 51.3 Å². The summed E-state index contributed by atoms with van der Waals surface area (Å²) >= 11 is 0. The van der Waals surface area contributed by atoms with Gasteiger partial charge < -0.3 is 16.4 Å². The standard InChI is InChI=1S/C28H32F3N5O6S/c1-17-10-11-21-22(18-6-3-2-4-7-18)14-24(26(39)34(15-25(32)38)23(21)12-17)36(27(33)40)20-9-5-8-19(13-20)35(16-37)43(41,42)28(29,30)31/h5,8-13,16,18,22,24H,2-4,6-7,14-15H2,1H3,(H2,32,38)(H2,33,40). The van der Waals surface area contributed by atoms with Gasteiger partial charge in [-0.25, -0.2) is 9.10 Å². The van der Waals surface area contributed by atoms with Crippen LogP contribution in [0.2, 0.25) is 0 Å². The molecule has 2 atom stereocenters. The van der Waals surface area contributed by atoms with Gasteiger partial charge in [-0.15, -0.1) is 0 Å². The number of fused-ring (bicyclic) bond motifs is 1. The van der Waals surface area contributed by atoms with Crippen molar-refractivity contribution in [2.45, 2.75) is 62.9 Å². The molecule has 5 amide bonds. The van der Waals surface area contributed by atoms with Crippen molar-refractivity contribution in [1.29, 1.82) is 0 Å². The number of hydrogen-bond donors (Lipinski definition) is 2. The van der Waals surface area contributed by atoms with Gasteiger partial charge in [-0.1, -0.05) is 37.5 Å². The third-order valence-corrected chi connectivity index (χ3v) is 9.40. The smallest absolute Gasteiger partial charge is 0.368 e. The topological polar surface area (TPSA) is 164 Å². The molecule has 2 aromatic carbocycles. The number of benzene rings is 2. The normalized spacial score (nSPS) is 19.7. The van der Waals surface area contributed by atoms with Crippen LogP contribution in [0.15, 0.2) is 42.5 Å². The molecule has 1 aliphatic carbocycles. The van der Waals surface area contributed by atoms with E-state index in [1.54, 1.807) is 6.07 Å². The number of amides is 5. The highest BCUT2D eigenvalue weighted by molar-refractivity contribution is 7.94. The second-order valence-electron chi connectivity index (χ2n) is 10.8. The van der Waals surface area contributed by atoms with Gasteiger partial charge in [0.15, 0.2) is 0 Å². The summed E-state index contributed by atoms with van der Waals surface area (Å²) in [6.45, 7) is 1.30. The highest BCUT2D eigenvalue weighted by Gasteiger charge is 2.51. The summed E-state index contributed by atoms with van der Waals surface area (Å²) in [5.41, 5.74) is 6.60. The van der Waals surface area contributed by atoms with Crippen LogP contribution in [0.5, 0.6) is 0 Å². The Hall–Kier alpha value is -4.14. The molecule has 4 rings (SSSR count). The minimum absolute atomic E-state index is 0.0558. The fourth-order valence-electron chi connectivity index (χ4n) is 6.09. The number of nitrogens with zero attached hydrogens (tertiary/aromatic N) is 3. The van der Waals surface area contributed by atoms with Crippen molar-refractivity contribution < 1.29 is 40.8 Å². The number of hydrogen-bond acceptors (Lipinski definition) is 6. The van der Waals surface area contributed by atoms with Gasteiger partial charge >= 0.3 is 21.6 Å². The lowest BCUT2D eigenvalue weighted by Gasteiger charge is -2.35. The molecule has 0 spiro atoms. The van der Waals surface area contributed by atoms with Gasteiger partial charge in [0, 0.05) is 11.4 Å². The first kappa shape index (κ1) is 31.8. The maximum atomic E-state index is 14.2. The van der Waals surface area contributed by atoms with Crippen LogP contribution in [0.1, 0.15) is 55.6 Å². The number of alkyl halides is 3. The van der Waals surface area contributed by atoms with Crippen molar-refractivity contribution in [3.8, 4) is 0 Å². The average Bonchev–Trinajstić information content (AvgIpc) is 3.04. The average molecular weight is 624 g/mol. The summed E-state index contributed by atoms with van der Waals surface area (Å²) in [6, 6.07) is 7.17. The Morgan fingerprint density at radius 2 is 1.70 bits per heavy atom. The molecule has 1 aliphatic heterocycles. The molecule has 0 saturated heterocycles. The number of aryl methyl sites for hydroxylation is 1. The van der Waals surface area contributed by atoms with E-state index >= 15 is 0 Å². The van der Waals surface area contributed by atoms with Crippen LogP contribution in [0.4, 0.5) is 35.0 Å². The molecule has 4 N–H and O–H groups in total. The number of anilines is 3.